The molecule has 2 aliphatic heterocycles. The van der Waals surface area contributed by atoms with Crippen LogP contribution in [0, 0.1) is 0 Å². The highest BCUT2D eigenvalue weighted by molar-refractivity contribution is 5.73. The second-order valence-electron chi connectivity index (χ2n) is 4.69. The second-order valence-corrected chi connectivity index (χ2v) is 4.69. The van der Waals surface area contributed by atoms with E-state index in [1.54, 1.807) is 0 Å². The molecule has 0 aromatic heterocycles. The van der Waals surface area contributed by atoms with E-state index in [9.17, 15) is 4.79 Å². The van der Waals surface area contributed by atoms with E-state index in [1.165, 1.54) is 0 Å². The first-order valence-electron chi connectivity index (χ1n) is 5.94. The molecule has 2 heterocycles. The van der Waals surface area contributed by atoms with Gasteiger partial charge in [0, 0.05) is 38.6 Å². The predicted octanol–water partition coefficient (Wildman–Crippen LogP) is -0.210. The summed E-state index contributed by atoms with van der Waals surface area (Å²) in [6.45, 7) is 2.95. The van der Waals surface area contributed by atoms with Crippen LogP contribution in [0.25, 0.3) is 0 Å². The molecule has 0 saturated carbocycles. The summed E-state index contributed by atoms with van der Waals surface area (Å²) in [5, 5.41) is 3.37. The highest BCUT2D eigenvalue weighted by atomic mass is 16.6. The summed E-state index contributed by atoms with van der Waals surface area (Å²) < 4.78 is 11.2. The molecule has 3 N–H and O–H groups in total. The van der Waals surface area contributed by atoms with E-state index in [4.69, 9.17) is 15.2 Å². The van der Waals surface area contributed by atoms with E-state index in [1.807, 2.05) is 0 Å². The minimum absolute atomic E-state index is 0.0668. The van der Waals surface area contributed by atoms with Crippen LogP contribution < -0.4 is 11.1 Å². The molecular weight excluding hydrogens is 208 g/mol. The normalized spacial score (nSPS) is 34.4. The Morgan fingerprint density at radius 1 is 1.50 bits per heavy atom. The minimum Gasteiger partial charge on any atom is -0.378 e. The lowest BCUT2D eigenvalue weighted by atomic mass is 9.89. The number of nitrogens with two attached hydrogens (primary N) is 1. The van der Waals surface area contributed by atoms with Crippen LogP contribution in [0.5, 0.6) is 0 Å². The van der Waals surface area contributed by atoms with Gasteiger partial charge < -0.3 is 20.5 Å². The Bertz CT molecular complexity index is 252. The van der Waals surface area contributed by atoms with Gasteiger partial charge in [0.1, 0.15) is 0 Å². The van der Waals surface area contributed by atoms with Crippen molar-refractivity contribution in [3.05, 3.63) is 0 Å². The van der Waals surface area contributed by atoms with Crippen LogP contribution in [0.1, 0.15) is 25.7 Å². The SMILES string of the molecule is NC(=O)CCNC1CCOC2(CCOC2)C1. The van der Waals surface area contributed by atoms with Crippen molar-refractivity contribution in [2.24, 2.45) is 5.73 Å². The largest absolute Gasteiger partial charge is 0.378 e. The summed E-state index contributed by atoms with van der Waals surface area (Å²) in [5.74, 6) is -0.251. The van der Waals surface area contributed by atoms with Crippen LogP contribution in [0.15, 0.2) is 0 Å². The van der Waals surface area contributed by atoms with Gasteiger partial charge in [-0.05, 0) is 12.8 Å². The summed E-state index contributed by atoms with van der Waals surface area (Å²) in [7, 11) is 0. The monoisotopic (exact) mass is 228 g/mol. The lowest BCUT2D eigenvalue weighted by Crippen LogP contribution is -2.48. The number of ether oxygens (including phenoxy) is 2. The third-order valence-electron chi connectivity index (χ3n) is 3.36. The van der Waals surface area contributed by atoms with E-state index in [2.05, 4.69) is 5.32 Å². The lowest BCUT2D eigenvalue weighted by molar-refractivity contribution is -0.118. The van der Waals surface area contributed by atoms with Crippen molar-refractivity contribution < 1.29 is 14.3 Å². The molecule has 5 heteroatoms. The average Bonchev–Trinajstić information content (AvgIpc) is 2.66. The molecule has 0 bridgehead atoms. The quantitative estimate of drug-likeness (QED) is 0.698. The lowest BCUT2D eigenvalue weighted by Gasteiger charge is -2.37. The highest BCUT2D eigenvalue weighted by Gasteiger charge is 2.40. The van der Waals surface area contributed by atoms with E-state index in [0.717, 1.165) is 32.5 Å². The third kappa shape index (κ3) is 2.93. The van der Waals surface area contributed by atoms with Crippen molar-refractivity contribution >= 4 is 5.91 Å². The molecule has 0 aliphatic carbocycles. The minimum atomic E-state index is -0.251. The Morgan fingerprint density at radius 2 is 2.38 bits per heavy atom. The molecule has 0 radical (unpaired) electrons. The third-order valence-corrected chi connectivity index (χ3v) is 3.36. The Hall–Kier alpha value is -0.650. The smallest absolute Gasteiger partial charge is 0.218 e. The molecule has 2 unspecified atom stereocenters. The molecule has 5 nitrogen and oxygen atoms in total. The van der Waals surface area contributed by atoms with Gasteiger partial charge in [-0.15, -0.1) is 0 Å². The molecule has 2 aliphatic rings. The number of hydrogen-bond acceptors (Lipinski definition) is 4. The van der Waals surface area contributed by atoms with Gasteiger partial charge in [-0.25, -0.2) is 0 Å². The van der Waals surface area contributed by atoms with Crippen LogP contribution in [0.4, 0.5) is 0 Å². The molecule has 16 heavy (non-hydrogen) atoms. The van der Waals surface area contributed by atoms with Crippen molar-refractivity contribution in [2.45, 2.75) is 37.3 Å². The molecule has 2 saturated heterocycles. The maximum absolute atomic E-state index is 10.6. The zero-order valence-corrected chi connectivity index (χ0v) is 9.54. The van der Waals surface area contributed by atoms with Gasteiger partial charge in [-0.3, -0.25) is 4.79 Å². The second kappa shape index (κ2) is 5.12. The fraction of sp³-hybridized carbons (Fsp3) is 0.909. The molecule has 1 amide bonds. The zero-order chi connectivity index (χ0) is 11.4. The number of nitrogens with one attached hydrogen (secondary N) is 1. The van der Waals surface area contributed by atoms with Crippen molar-refractivity contribution in [1.29, 1.82) is 0 Å². The topological polar surface area (TPSA) is 73.6 Å². The Kier molecular flexibility index (Phi) is 3.78. The first-order valence-corrected chi connectivity index (χ1v) is 5.94. The van der Waals surface area contributed by atoms with E-state index >= 15 is 0 Å². The van der Waals surface area contributed by atoms with E-state index in [0.29, 0.717) is 25.6 Å². The van der Waals surface area contributed by atoms with Crippen LogP contribution in [0.3, 0.4) is 0 Å². The zero-order valence-electron chi connectivity index (χ0n) is 9.54. The number of carbonyl (C=O) groups is 1. The fourth-order valence-corrected chi connectivity index (χ4v) is 2.46. The molecule has 2 fully saturated rings. The van der Waals surface area contributed by atoms with Crippen molar-refractivity contribution in [3.63, 3.8) is 0 Å². The van der Waals surface area contributed by atoms with Crippen LogP contribution in [-0.2, 0) is 14.3 Å². The van der Waals surface area contributed by atoms with Crippen molar-refractivity contribution in [3.8, 4) is 0 Å². The van der Waals surface area contributed by atoms with Gasteiger partial charge in [-0.2, -0.15) is 0 Å². The summed E-state index contributed by atoms with van der Waals surface area (Å²) in [5.41, 5.74) is 5.03. The van der Waals surface area contributed by atoms with Gasteiger partial charge in [0.2, 0.25) is 5.91 Å². The Labute approximate surface area is 95.7 Å². The van der Waals surface area contributed by atoms with Crippen molar-refractivity contribution in [1.82, 2.24) is 5.32 Å². The number of hydrogen-bond donors (Lipinski definition) is 2. The summed E-state index contributed by atoms with van der Waals surface area (Å²) in [4.78, 5) is 10.6. The first-order chi connectivity index (χ1) is 7.70. The van der Waals surface area contributed by atoms with Crippen LogP contribution in [-0.4, -0.2) is 43.9 Å². The van der Waals surface area contributed by atoms with Crippen LogP contribution >= 0.6 is 0 Å². The van der Waals surface area contributed by atoms with Gasteiger partial charge in [0.15, 0.2) is 0 Å². The van der Waals surface area contributed by atoms with Crippen LogP contribution in [0.2, 0.25) is 0 Å². The Balaban J connectivity index is 1.76. The number of carbonyl (C=O) groups excluding carboxylic acids is 1. The van der Waals surface area contributed by atoms with E-state index in [-0.39, 0.29) is 11.5 Å². The molecule has 92 valence electrons. The van der Waals surface area contributed by atoms with E-state index < -0.39 is 0 Å². The fourth-order valence-electron chi connectivity index (χ4n) is 2.46. The number of primary amides is 1. The Morgan fingerprint density at radius 3 is 3.06 bits per heavy atom. The van der Waals surface area contributed by atoms with Gasteiger partial charge in [0.05, 0.1) is 12.2 Å². The maximum atomic E-state index is 10.6. The molecular formula is C11H20N2O3. The first kappa shape index (κ1) is 11.8. The summed E-state index contributed by atoms with van der Waals surface area (Å²) >= 11 is 0. The number of rotatable bonds is 4. The average molecular weight is 228 g/mol. The van der Waals surface area contributed by atoms with Gasteiger partial charge in [-0.1, -0.05) is 0 Å². The molecule has 1 spiro atoms. The molecule has 0 aromatic rings. The highest BCUT2D eigenvalue weighted by Crippen LogP contribution is 2.32. The number of amides is 1. The summed E-state index contributed by atoms with van der Waals surface area (Å²) in [6.07, 6.45) is 3.37. The predicted molar refractivity (Wildman–Crippen MR) is 59.0 cm³/mol. The molecule has 0 aromatic carbocycles. The maximum Gasteiger partial charge on any atom is 0.218 e. The standard InChI is InChI=1S/C11H20N2O3/c12-10(14)1-4-13-9-2-5-16-11(7-9)3-6-15-8-11/h9,13H,1-8H2,(H2,12,14). The summed E-state index contributed by atoms with van der Waals surface area (Å²) in [6, 6.07) is 0.426. The van der Waals surface area contributed by atoms with Crippen molar-refractivity contribution in [2.75, 3.05) is 26.4 Å². The molecule has 2 atom stereocenters. The van der Waals surface area contributed by atoms with Gasteiger partial charge in [0.25, 0.3) is 0 Å². The molecule has 2 rings (SSSR count). The van der Waals surface area contributed by atoms with Gasteiger partial charge >= 0.3 is 0 Å².